The molecule has 10 heteroatoms. The van der Waals surface area contributed by atoms with E-state index in [1.165, 1.54) is 12.1 Å². The van der Waals surface area contributed by atoms with Crippen LogP contribution in [0.4, 0.5) is 4.79 Å². The van der Waals surface area contributed by atoms with Gasteiger partial charge in [-0.3, -0.25) is 4.79 Å². The summed E-state index contributed by atoms with van der Waals surface area (Å²) in [6.07, 6.45) is 3.80. The second-order valence-corrected chi connectivity index (χ2v) is 9.88. The fourth-order valence-corrected chi connectivity index (χ4v) is 4.27. The molecular formula is C23H35N3O7. The van der Waals surface area contributed by atoms with Gasteiger partial charge in [-0.25, -0.2) is 9.59 Å². The molecule has 3 heterocycles. The number of nitrogens with zero attached hydrogens (tertiary/aromatic N) is 3. The summed E-state index contributed by atoms with van der Waals surface area (Å²) in [6, 6.07) is 2.44. The van der Waals surface area contributed by atoms with Gasteiger partial charge in [0.05, 0.1) is 5.92 Å². The lowest BCUT2D eigenvalue weighted by atomic mass is 9.91. The molecule has 2 amide bonds. The van der Waals surface area contributed by atoms with Crippen molar-refractivity contribution in [1.82, 2.24) is 14.5 Å². The summed E-state index contributed by atoms with van der Waals surface area (Å²) in [7, 11) is 0. The molecule has 0 aromatic carbocycles. The highest BCUT2D eigenvalue weighted by Gasteiger charge is 2.32. The van der Waals surface area contributed by atoms with Crippen molar-refractivity contribution in [3.63, 3.8) is 0 Å². The largest absolute Gasteiger partial charge is 0.492 e. The first-order valence-corrected chi connectivity index (χ1v) is 11.6. The standard InChI is InChI=1S/C23H35N3O7/c1-23(2,3)32-22(31)24-13-10-16(11-14-24)6-7-18(27)25-12-4-5-17(15-25)21(30)33-26-19(28)8-9-20(26)29/h8-9,16-17,28-29H,4-7,10-15H2,1-3H3/t17-/m1/s1. The Bertz CT molecular complexity index is 833. The van der Waals surface area contributed by atoms with E-state index in [0.717, 1.165) is 19.3 Å². The normalized spacial score (nSPS) is 19.9. The average molecular weight is 466 g/mol. The SMILES string of the molecule is CC(C)(C)OC(=O)N1CCC(CCC(=O)N2CCC[C@@H](C(=O)On3c(O)ccc3O)C2)CC1. The summed E-state index contributed by atoms with van der Waals surface area (Å²) in [6.45, 7) is 7.67. The minimum Gasteiger partial charge on any atom is -0.492 e. The third-order valence-corrected chi connectivity index (χ3v) is 6.12. The molecule has 0 saturated carbocycles. The zero-order valence-electron chi connectivity index (χ0n) is 19.7. The van der Waals surface area contributed by atoms with Crippen LogP contribution in [0.15, 0.2) is 12.1 Å². The Kier molecular flexibility index (Phi) is 7.76. The minimum absolute atomic E-state index is 0.00808. The Labute approximate surface area is 194 Å². The first-order chi connectivity index (χ1) is 15.5. The number of hydrogen-bond acceptors (Lipinski definition) is 7. The highest BCUT2D eigenvalue weighted by Crippen LogP contribution is 2.26. The van der Waals surface area contributed by atoms with E-state index in [-0.39, 0.29) is 30.3 Å². The van der Waals surface area contributed by atoms with Gasteiger partial charge in [0.2, 0.25) is 17.7 Å². The van der Waals surface area contributed by atoms with Gasteiger partial charge in [-0.1, -0.05) is 0 Å². The zero-order valence-corrected chi connectivity index (χ0v) is 19.7. The van der Waals surface area contributed by atoms with Crippen LogP contribution >= 0.6 is 0 Å². The molecule has 1 aromatic heterocycles. The van der Waals surface area contributed by atoms with Crippen molar-refractivity contribution in [2.24, 2.45) is 11.8 Å². The fraction of sp³-hybridized carbons (Fsp3) is 0.696. The van der Waals surface area contributed by atoms with Crippen molar-refractivity contribution in [2.75, 3.05) is 26.2 Å². The molecule has 2 saturated heterocycles. The minimum atomic E-state index is -0.594. The lowest BCUT2D eigenvalue weighted by Gasteiger charge is -2.34. The molecule has 2 aliphatic heterocycles. The van der Waals surface area contributed by atoms with Gasteiger partial charge in [-0.2, -0.15) is 0 Å². The number of piperidine rings is 2. The number of aromatic nitrogens is 1. The highest BCUT2D eigenvalue weighted by atomic mass is 16.7. The van der Waals surface area contributed by atoms with E-state index in [2.05, 4.69) is 0 Å². The van der Waals surface area contributed by atoms with E-state index >= 15 is 0 Å². The quantitative estimate of drug-likeness (QED) is 0.685. The summed E-state index contributed by atoms with van der Waals surface area (Å²) < 4.78 is 6.10. The van der Waals surface area contributed by atoms with Crippen molar-refractivity contribution in [3.05, 3.63) is 12.1 Å². The lowest BCUT2D eigenvalue weighted by Crippen LogP contribution is -2.44. The predicted octanol–water partition coefficient (Wildman–Crippen LogP) is 2.52. The second-order valence-electron chi connectivity index (χ2n) is 9.88. The Morgan fingerprint density at radius 1 is 1.00 bits per heavy atom. The van der Waals surface area contributed by atoms with E-state index in [1.807, 2.05) is 20.8 Å². The number of ether oxygens (including phenoxy) is 1. The van der Waals surface area contributed by atoms with Crippen LogP contribution in [0.5, 0.6) is 11.8 Å². The van der Waals surface area contributed by atoms with Crippen molar-refractivity contribution in [3.8, 4) is 11.8 Å². The third-order valence-electron chi connectivity index (χ3n) is 6.12. The molecule has 0 aliphatic carbocycles. The molecule has 2 N–H and O–H groups in total. The lowest BCUT2D eigenvalue weighted by molar-refractivity contribution is -0.153. The molecule has 2 aliphatic rings. The number of carbonyl (C=O) groups excluding carboxylic acids is 3. The van der Waals surface area contributed by atoms with Crippen molar-refractivity contribution in [2.45, 2.75) is 64.9 Å². The molecule has 0 bridgehead atoms. The molecule has 184 valence electrons. The number of rotatable bonds is 5. The van der Waals surface area contributed by atoms with Crippen molar-refractivity contribution < 1.29 is 34.2 Å². The van der Waals surface area contributed by atoms with E-state index in [1.54, 1.807) is 9.80 Å². The number of amides is 2. The zero-order chi connectivity index (χ0) is 24.2. The molecule has 3 rings (SSSR count). The van der Waals surface area contributed by atoms with Crippen LogP contribution in [-0.2, 0) is 14.3 Å². The van der Waals surface area contributed by atoms with Crippen molar-refractivity contribution >= 4 is 18.0 Å². The second kappa shape index (κ2) is 10.4. The van der Waals surface area contributed by atoms with Crippen LogP contribution in [0.3, 0.4) is 0 Å². The Morgan fingerprint density at radius 2 is 1.64 bits per heavy atom. The summed E-state index contributed by atoms with van der Waals surface area (Å²) in [5.74, 6) is -1.47. The third kappa shape index (κ3) is 6.79. The molecule has 33 heavy (non-hydrogen) atoms. The van der Waals surface area contributed by atoms with Crippen LogP contribution in [0.25, 0.3) is 0 Å². The van der Waals surface area contributed by atoms with Gasteiger partial charge in [0.1, 0.15) is 5.60 Å². The first-order valence-electron chi connectivity index (χ1n) is 11.6. The van der Waals surface area contributed by atoms with E-state index < -0.39 is 17.5 Å². The van der Waals surface area contributed by atoms with Gasteiger partial charge in [0.25, 0.3) is 0 Å². The maximum atomic E-state index is 12.8. The Balaban J connectivity index is 1.42. The Morgan fingerprint density at radius 3 is 2.24 bits per heavy atom. The molecule has 1 aromatic rings. The van der Waals surface area contributed by atoms with Crippen LogP contribution in [0.2, 0.25) is 0 Å². The Hall–Kier alpha value is -2.91. The summed E-state index contributed by atoms with van der Waals surface area (Å²) in [5, 5.41) is 19.3. The molecule has 0 spiro atoms. The van der Waals surface area contributed by atoms with Gasteiger partial charge in [0, 0.05) is 44.7 Å². The van der Waals surface area contributed by atoms with Crippen LogP contribution in [0, 0.1) is 11.8 Å². The topological polar surface area (TPSA) is 122 Å². The van der Waals surface area contributed by atoms with Gasteiger partial charge in [0.15, 0.2) is 0 Å². The maximum Gasteiger partial charge on any atom is 0.410 e. The molecule has 10 nitrogen and oxygen atoms in total. The van der Waals surface area contributed by atoms with Crippen molar-refractivity contribution in [1.29, 1.82) is 0 Å². The fourth-order valence-electron chi connectivity index (χ4n) is 4.27. The molecular weight excluding hydrogens is 430 g/mol. The summed E-state index contributed by atoms with van der Waals surface area (Å²) >= 11 is 0. The van der Waals surface area contributed by atoms with Crippen LogP contribution < -0.4 is 4.84 Å². The van der Waals surface area contributed by atoms with Gasteiger partial charge >= 0.3 is 12.1 Å². The van der Waals surface area contributed by atoms with Gasteiger partial charge in [-0.05, 0) is 58.8 Å². The predicted molar refractivity (Wildman–Crippen MR) is 118 cm³/mol. The highest BCUT2D eigenvalue weighted by molar-refractivity contribution is 5.78. The average Bonchev–Trinajstić information content (AvgIpc) is 3.08. The van der Waals surface area contributed by atoms with E-state index in [0.29, 0.717) is 49.5 Å². The van der Waals surface area contributed by atoms with E-state index in [9.17, 15) is 24.6 Å². The number of likely N-dealkylation sites (tertiary alicyclic amines) is 2. The first kappa shape index (κ1) is 24.7. The number of carbonyl (C=O) groups is 3. The molecule has 0 unspecified atom stereocenters. The number of hydrogen-bond donors (Lipinski definition) is 2. The maximum absolute atomic E-state index is 12.8. The monoisotopic (exact) mass is 465 g/mol. The van der Waals surface area contributed by atoms with Crippen LogP contribution in [0.1, 0.15) is 59.3 Å². The summed E-state index contributed by atoms with van der Waals surface area (Å²) in [5.41, 5.74) is -0.512. The van der Waals surface area contributed by atoms with Gasteiger partial charge < -0.3 is 29.6 Å². The molecule has 0 radical (unpaired) electrons. The smallest absolute Gasteiger partial charge is 0.410 e. The van der Waals surface area contributed by atoms with Crippen LogP contribution in [-0.4, -0.2) is 74.5 Å². The van der Waals surface area contributed by atoms with E-state index in [4.69, 9.17) is 9.57 Å². The summed E-state index contributed by atoms with van der Waals surface area (Å²) in [4.78, 5) is 45.9. The molecule has 1 atom stereocenters. The number of aromatic hydroxyl groups is 2. The van der Waals surface area contributed by atoms with Gasteiger partial charge in [-0.15, -0.1) is 4.73 Å². The molecule has 2 fully saturated rings.